The Labute approximate surface area is 91.3 Å². The molecule has 0 saturated carbocycles. The molecule has 0 bridgehead atoms. The van der Waals surface area contributed by atoms with Crippen LogP contribution in [0.25, 0.3) is 10.9 Å². The Kier molecular flexibility index (Phi) is 2.38. The van der Waals surface area contributed by atoms with Crippen LogP contribution in [0.4, 0.5) is 4.39 Å². The first-order valence-electron chi connectivity index (χ1n) is 4.84. The van der Waals surface area contributed by atoms with E-state index in [2.05, 4.69) is 5.10 Å². The van der Waals surface area contributed by atoms with Gasteiger partial charge in [-0.15, -0.1) is 0 Å². The van der Waals surface area contributed by atoms with Gasteiger partial charge in [0.25, 0.3) is 0 Å². The second-order valence-corrected chi connectivity index (χ2v) is 3.66. The first kappa shape index (κ1) is 10.6. The van der Waals surface area contributed by atoms with E-state index in [4.69, 9.17) is 5.11 Å². The lowest BCUT2D eigenvalue weighted by molar-refractivity contribution is 0.0697. The third-order valence-corrected chi connectivity index (χ3v) is 2.50. The van der Waals surface area contributed by atoms with Crippen LogP contribution in [0.1, 0.15) is 29.1 Å². The highest BCUT2D eigenvalue weighted by Crippen LogP contribution is 2.26. The van der Waals surface area contributed by atoms with Gasteiger partial charge in [-0.05, 0) is 25.1 Å². The lowest BCUT2D eigenvalue weighted by Gasteiger charge is -1.98. The van der Waals surface area contributed by atoms with Gasteiger partial charge in [0, 0.05) is 12.4 Å². The van der Waals surface area contributed by atoms with Gasteiger partial charge in [-0.2, -0.15) is 5.10 Å². The molecule has 0 aliphatic heterocycles. The quantitative estimate of drug-likeness (QED) is 0.848. The highest BCUT2D eigenvalue weighted by Gasteiger charge is 2.15. The fourth-order valence-corrected chi connectivity index (χ4v) is 1.72. The zero-order valence-corrected chi connectivity index (χ0v) is 8.94. The van der Waals surface area contributed by atoms with Crippen LogP contribution in [0, 0.1) is 0 Å². The second kappa shape index (κ2) is 3.59. The number of rotatable bonds is 2. The predicted molar refractivity (Wildman–Crippen MR) is 57.2 cm³/mol. The molecule has 0 radical (unpaired) electrons. The molecule has 1 heterocycles. The average molecular weight is 222 g/mol. The molecule has 1 aromatic carbocycles. The average Bonchev–Trinajstić information content (AvgIpc) is 2.56. The van der Waals surface area contributed by atoms with Crippen LogP contribution in [-0.4, -0.2) is 20.9 Å². The maximum atomic E-state index is 13.3. The van der Waals surface area contributed by atoms with Gasteiger partial charge in [-0.1, -0.05) is 0 Å². The standard InChI is InChI=1S/C11H11FN2O2/c1-6(12)10-8-5-7(11(15)16)3-4-9(8)14(2)13-10/h3-6H,1-2H3,(H,15,16). The topological polar surface area (TPSA) is 55.1 Å². The van der Waals surface area contributed by atoms with Gasteiger partial charge >= 0.3 is 5.97 Å². The monoisotopic (exact) mass is 222 g/mol. The summed E-state index contributed by atoms with van der Waals surface area (Å²) in [5.74, 6) is -1.02. The van der Waals surface area contributed by atoms with Crippen LogP contribution in [0.15, 0.2) is 18.2 Å². The Balaban J connectivity index is 2.74. The van der Waals surface area contributed by atoms with Gasteiger partial charge in [0.1, 0.15) is 11.9 Å². The number of aromatic nitrogens is 2. The summed E-state index contributed by atoms with van der Waals surface area (Å²) in [5.41, 5.74) is 1.15. The predicted octanol–water partition coefficient (Wildman–Crippen LogP) is 2.30. The molecular formula is C11H11FN2O2. The van der Waals surface area contributed by atoms with Crippen molar-refractivity contribution in [2.45, 2.75) is 13.1 Å². The van der Waals surface area contributed by atoms with Crippen molar-refractivity contribution >= 4 is 16.9 Å². The highest BCUT2D eigenvalue weighted by molar-refractivity contribution is 5.94. The van der Waals surface area contributed by atoms with Crippen molar-refractivity contribution in [1.82, 2.24) is 9.78 Å². The van der Waals surface area contributed by atoms with Crippen LogP contribution in [-0.2, 0) is 7.05 Å². The van der Waals surface area contributed by atoms with Crippen molar-refractivity contribution in [3.63, 3.8) is 0 Å². The third-order valence-electron chi connectivity index (χ3n) is 2.50. The summed E-state index contributed by atoms with van der Waals surface area (Å²) in [7, 11) is 1.70. The molecule has 4 nitrogen and oxygen atoms in total. The van der Waals surface area contributed by atoms with Gasteiger partial charge in [-0.3, -0.25) is 4.68 Å². The maximum absolute atomic E-state index is 13.3. The number of aryl methyl sites for hydroxylation is 1. The van der Waals surface area contributed by atoms with E-state index in [0.29, 0.717) is 5.39 Å². The molecule has 16 heavy (non-hydrogen) atoms. The van der Waals surface area contributed by atoms with Gasteiger partial charge in [-0.25, -0.2) is 9.18 Å². The molecule has 1 N–H and O–H groups in total. The molecule has 5 heteroatoms. The number of carbonyl (C=O) groups is 1. The number of aromatic carboxylic acids is 1. The van der Waals surface area contributed by atoms with Crippen LogP contribution in [0.3, 0.4) is 0 Å². The first-order chi connectivity index (χ1) is 7.50. The number of nitrogens with zero attached hydrogens (tertiary/aromatic N) is 2. The minimum absolute atomic E-state index is 0.141. The van der Waals surface area contributed by atoms with E-state index in [1.54, 1.807) is 17.8 Å². The number of carboxylic acids is 1. The van der Waals surface area contributed by atoms with Crippen molar-refractivity contribution < 1.29 is 14.3 Å². The Morgan fingerprint density at radius 1 is 1.56 bits per heavy atom. The van der Waals surface area contributed by atoms with Gasteiger partial charge in [0.2, 0.25) is 0 Å². The van der Waals surface area contributed by atoms with Crippen molar-refractivity contribution in [3.05, 3.63) is 29.5 Å². The summed E-state index contributed by atoms with van der Waals surface area (Å²) in [6.45, 7) is 1.38. The summed E-state index contributed by atoms with van der Waals surface area (Å²) >= 11 is 0. The van der Waals surface area contributed by atoms with E-state index >= 15 is 0 Å². The summed E-state index contributed by atoms with van der Waals surface area (Å²) in [6, 6.07) is 4.58. The molecule has 2 aromatic rings. The van der Waals surface area contributed by atoms with E-state index in [-0.39, 0.29) is 11.3 Å². The van der Waals surface area contributed by atoms with Gasteiger partial charge in [0.05, 0.1) is 11.1 Å². The highest BCUT2D eigenvalue weighted by atomic mass is 19.1. The number of hydrogen-bond acceptors (Lipinski definition) is 2. The molecule has 1 aromatic heterocycles. The van der Waals surface area contributed by atoms with Crippen LogP contribution >= 0.6 is 0 Å². The Bertz CT molecular complexity index is 560. The number of carboxylic acid groups (broad SMARTS) is 1. The molecule has 0 spiro atoms. The zero-order chi connectivity index (χ0) is 11.9. The minimum Gasteiger partial charge on any atom is -0.478 e. The van der Waals surface area contributed by atoms with E-state index in [0.717, 1.165) is 5.52 Å². The number of alkyl halides is 1. The number of hydrogen-bond donors (Lipinski definition) is 1. The number of halogens is 1. The molecule has 0 saturated heterocycles. The lowest BCUT2D eigenvalue weighted by Crippen LogP contribution is -1.95. The van der Waals surface area contributed by atoms with E-state index in [1.165, 1.54) is 19.1 Å². The summed E-state index contributed by atoms with van der Waals surface area (Å²) in [6.07, 6.45) is -1.22. The molecule has 0 fully saturated rings. The fraction of sp³-hybridized carbons (Fsp3) is 0.273. The van der Waals surface area contributed by atoms with Crippen molar-refractivity contribution in [2.75, 3.05) is 0 Å². The molecule has 2 rings (SSSR count). The van der Waals surface area contributed by atoms with Crippen molar-refractivity contribution in [1.29, 1.82) is 0 Å². The third kappa shape index (κ3) is 1.54. The fourth-order valence-electron chi connectivity index (χ4n) is 1.72. The molecular weight excluding hydrogens is 211 g/mol. The molecule has 0 aliphatic carbocycles. The molecule has 84 valence electrons. The Hall–Kier alpha value is -1.91. The number of benzene rings is 1. The zero-order valence-electron chi connectivity index (χ0n) is 8.94. The molecule has 1 atom stereocenters. The van der Waals surface area contributed by atoms with Crippen molar-refractivity contribution in [2.24, 2.45) is 7.05 Å². The van der Waals surface area contributed by atoms with Crippen LogP contribution in [0.2, 0.25) is 0 Å². The summed E-state index contributed by atoms with van der Waals surface area (Å²) in [4.78, 5) is 10.8. The molecule has 1 unspecified atom stereocenters. The largest absolute Gasteiger partial charge is 0.478 e. The second-order valence-electron chi connectivity index (χ2n) is 3.66. The normalized spacial score (nSPS) is 12.9. The Morgan fingerprint density at radius 3 is 2.81 bits per heavy atom. The summed E-state index contributed by atoms with van der Waals surface area (Å²) in [5, 5.41) is 13.5. The minimum atomic E-state index is -1.22. The van der Waals surface area contributed by atoms with E-state index in [9.17, 15) is 9.18 Å². The van der Waals surface area contributed by atoms with E-state index in [1.807, 2.05) is 0 Å². The maximum Gasteiger partial charge on any atom is 0.335 e. The van der Waals surface area contributed by atoms with E-state index < -0.39 is 12.1 Å². The SMILES string of the molecule is CC(F)c1nn(C)c2ccc(C(=O)O)cc12. The smallest absolute Gasteiger partial charge is 0.335 e. The van der Waals surface area contributed by atoms with Crippen LogP contribution < -0.4 is 0 Å². The molecule has 0 amide bonds. The van der Waals surface area contributed by atoms with Gasteiger partial charge < -0.3 is 5.11 Å². The van der Waals surface area contributed by atoms with Gasteiger partial charge in [0.15, 0.2) is 0 Å². The van der Waals surface area contributed by atoms with Crippen LogP contribution in [0.5, 0.6) is 0 Å². The first-order valence-corrected chi connectivity index (χ1v) is 4.84. The summed E-state index contributed by atoms with van der Waals surface area (Å²) < 4.78 is 14.8. The number of fused-ring (bicyclic) bond motifs is 1. The van der Waals surface area contributed by atoms with Crippen molar-refractivity contribution in [3.8, 4) is 0 Å². The Morgan fingerprint density at radius 2 is 2.25 bits per heavy atom. The lowest BCUT2D eigenvalue weighted by atomic mass is 10.1. The molecule has 0 aliphatic rings.